The number of hydrogen-bond acceptors (Lipinski definition) is 5. The average molecular weight is 420 g/mol. The van der Waals surface area contributed by atoms with E-state index in [0.29, 0.717) is 11.3 Å². The van der Waals surface area contributed by atoms with Crippen LogP contribution >= 0.6 is 0 Å². The van der Waals surface area contributed by atoms with E-state index in [-0.39, 0.29) is 0 Å². The van der Waals surface area contributed by atoms with Crippen LogP contribution in [-0.4, -0.2) is 38.0 Å². The van der Waals surface area contributed by atoms with Gasteiger partial charge in [-0.1, -0.05) is 35.5 Å². The van der Waals surface area contributed by atoms with E-state index in [1.165, 1.54) is 11.1 Å². The molecule has 0 saturated carbocycles. The molecular weight excluding hydrogens is 400 g/mol. The van der Waals surface area contributed by atoms with Gasteiger partial charge in [0.1, 0.15) is 17.7 Å². The van der Waals surface area contributed by atoms with Gasteiger partial charge in [-0.05, 0) is 65.6 Å². The van der Waals surface area contributed by atoms with Crippen LogP contribution in [0.15, 0.2) is 66.9 Å². The van der Waals surface area contributed by atoms with E-state index in [1.54, 1.807) is 10.7 Å². The highest BCUT2D eigenvalue weighted by Crippen LogP contribution is 2.30. The Morgan fingerprint density at radius 2 is 1.91 bits per heavy atom. The summed E-state index contributed by atoms with van der Waals surface area (Å²) in [5, 5.41) is 20.7. The average Bonchev–Trinajstić information content (AvgIpc) is 3.50. The minimum absolute atomic E-state index is 0.651. The topological polar surface area (TPSA) is 88.5 Å². The zero-order chi connectivity index (χ0) is 21.5. The van der Waals surface area contributed by atoms with Crippen molar-refractivity contribution in [1.29, 1.82) is 0 Å². The fourth-order valence-corrected chi connectivity index (χ4v) is 4.29. The lowest BCUT2D eigenvalue weighted by Gasteiger charge is -2.17. The van der Waals surface area contributed by atoms with Crippen LogP contribution in [0.3, 0.4) is 0 Å². The molecule has 0 radical (unpaired) electrons. The molecule has 1 aliphatic heterocycles. The van der Waals surface area contributed by atoms with Gasteiger partial charge >= 0.3 is 0 Å². The van der Waals surface area contributed by atoms with Crippen molar-refractivity contribution in [1.82, 2.24) is 30.5 Å². The third kappa shape index (κ3) is 3.19. The second-order valence-electron chi connectivity index (χ2n) is 8.00. The SMILES string of the molecule is O=Cc1cccc(-c2ccc3[nH]nc(-c4cn(-c5ccc6c(c5)CNCC6)nn4)c3c2)c1. The monoisotopic (exact) mass is 420 g/mol. The Kier molecular flexibility index (Phi) is 4.40. The molecular formula is C25H20N6O. The van der Waals surface area contributed by atoms with Crippen molar-refractivity contribution in [3.05, 3.63) is 83.6 Å². The van der Waals surface area contributed by atoms with Crippen molar-refractivity contribution >= 4 is 17.2 Å². The highest BCUT2D eigenvalue weighted by Gasteiger charge is 2.15. The minimum Gasteiger partial charge on any atom is -0.312 e. The lowest BCUT2D eigenvalue weighted by atomic mass is 10.0. The molecule has 5 aromatic rings. The van der Waals surface area contributed by atoms with Crippen LogP contribution in [0.5, 0.6) is 0 Å². The molecule has 0 amide bonds. The molecule has 0 aliphatic carbocycles. The standard InChI is InChI=1S/C25H20N6O/c32-15-16-2-1-3-18(10-16)19-5-7-23-22(12-19)25(29-27-23)24-14-31(30-28-24)21-6-4-17-8-9-26-13-20(17)11-21/h1-7,10-12,14-15,26H,8-9,13H2,(H,27,29). The van der Waals surface area contributed by atoms with Gasteiger partial charge in [-0.2, -0.15) is 5.10 Å². The molecule has 7 heteroatoms. The van der Waals surface area contributed by atoms with E-state index in [4.69, 9.17) is 0 Å². The Morgan fingerprint density at radius 1 is 0.969 bits per heavy atom. The van der Waals surface area contributed by atoms with E-state index in [2.05, 4.69) is 50.1 Å². The van der Waals surface area contributed by atoms with Crippen LogP contribution < -0.4 is 5.32 Å². The predicted molar refractivity (Wildman–Crippen MR) is 123 cm³/mol. The van der Waals surface area contributed by atoms with Gasteiger partial charge in [-0.3, -0.25) is 9.89 Å². The van der Waals surface area contributed by atoms with Crippen molar-refractivity contribution in [2.75, 3.05) is 6.54 Å². The van der Waals surface area contributed by atoms with Gasteiger partial charge in [0.15, 0.2) is 0 Å². The number of hydrogen-bond donors (Lipinski definition) is 2. The molecule has 0 spiro atoms. The van der Waals surface area contributed by atoms with E-state index < -0.39 is 0 Å². The first-order valence-electron chi connectivity index (χ1n) is 10.6. The van der Waals surface area contributed by atoms with Gasteiger partial charge in [0.2, 0.25) is 0 Å². The van der Waals surface area contributed by atoms with Gasteiger partial charge in [0, 0.05) is 17.5 Å². The number of carbonyl (C=O) groups is 1. The Labute approximate surface area is 184 Å². The predicted octanol–water partition coefficient (Wildman–Crippen LogP) is 3.94. The number of benzene rings is 3. The van der Waals surface area contributed by atoms with Crippen molar-refractivity contribution in [3.8, 4) is 28.2 Å². The van der Waals surface area contributed by atoms with Gasteiger partial charge in [0.05, 0.1) is 17.4 Å². The molecule has 0 bridgehead atoms. The lowest BCUT2D eigenvalue weighted by Crippen LogP contribution is -2.23. The molecule has 7 nitrogen and oxygen atoms in total. The van der Waals surface area contributed by atoms with E-state index in [9.17, 15) is 4.79 Å². The van der Waals surface area contributed by atoms with Crippen molar-refractivity contribution in [2.45, 2.75) is 13.0 Å². The van der Waals surface area contributed by atoms with Crippen molar-refractivity contribution in [3.63, 3.8) is 0 Å². The summed E-state index contributed by atoms with van der Waals surface area (Å²) < 4.78 is 1.79. The van der Waals surface area contributed by atoms with E-state index >= 15 is 0 Å². The Morgan fingerprint density at radius 3 is 2.84 bits per heavy atom. The van der Waals surface area contributed by atoms with Gasteiger partial charge in [-0.25, -0.2) is 4.68 Å². The fraction of sp³-hybridized carbons (Fsp3) is 0.120. The molecule has 3 heterocycles. The summed E-state index contributed by atoms with van der Waals surface area (Å²) in [6.45, 7) is 1.90. The number of aromatic amines is 1. The summed E-state index contributed by atoms with van der Waals surface area (Å²) in [5.41, 5.74) is 8.69. The molecule has 2 aromatic heterocycles. The maximum atomic E-state index is 11.2. The van der Waals surface area contributed by atoms with Gasteiger partial charge in [0.25, 0.3) is 0 Å². The van der Waals surface area contributed by atoms with E-state index in [0.717, 1.165) is 59.2 Å². The maximum absolute atomic E-state index is 11.2. The molecule has 0 atom stereocenters. The quantitative estimate of drug-likeness (QED) is 0.430. The molecule has 6 rings (SSSR count). The van der Waals surface area contributed by atoms with Crippen LogP contribution in [0, 0.1) is 0 Å². The van der Waals surface area contributed by atoms with Gasteiger partial charge < -0.3 is 5.32 Å². The van der Waals surface area contributed by atoms with Crippen LogP contribution in [-0.2, 0) is 13.0 Å². The number of carbonyl (C=O) groups excluding carboxylic acids is 1. The number of rotatable bonds is 4. The molecule has 0 fully saturated rings. The fourth-order valence-electron chi connectivity index (χ4n) is 4.29. The zero-order valence-electron chi connectivity index (χ0n) is 17.2. The molecule has 156 valence electrons. The number of H-pyrrole nitrogens is 1. The summed E-state index contributed by atoms with van der Waals surface area (Å²) in [7, 11) is 0. The molecule has 2 N–H and O–H groups in total. The summed E-state index contributed by atoms with van der Waals surface area (Å²) in [5.74, 6) is 0. The number of fused-ring (bicyclic) bond motifs is 2. The third-order valence-corrected chi connectivity index (χ3v) is 6.00. The second-order valence-corrected chi connectivity index (χ2v) is 8.00. The zero-order valence-corrected chi connectivity index (χ0v) is 17.2. The first-order chi connectivity index (χ1) is 15.8. The third-order valence-electron chi connectivity index (χ3n) is 6.00. The highest BCUT2D eigenvalue weighted by molar-refractivity contribution is 5.95. The molecule has 0 saturated heterocycles. The summed E-state index contributed by atoms with van der Waals surface area (Å²) in [4.78, 5) is 11.2. The van der Waals surface area contributed by atoms with Crippen LogP contribution in [0.1, 0.15) is 21.5 Å². The van der Waals surface area contributed by atoms with Gasteiger partial charge in [-0.15, -0.1) is 5.10 Å². The first-order valence-corrected chi connectivity index (χ1v) is 10.6. The Hall–Kier alpha value is -4.10. The number of aromatic nitrogens is 5. The number of nitrogens with zero attached hydrogens (tertiary/aromatic N) is 4. The van der Waals surface area contributed by atoms with E-state index in [1.807, 2.05) is 36.5 Å². The molecule has 3 aromatic carbocycles. The normalized spacial score (nSPS) is 13.2. The molecule has 1 aliphatic rings. The van der Waals surface area contributed by atoms with Crippen molar-refractivity contribution < 1.29 is 4.79 Å². The Bertz CT molecular complexity index is 1460. The molecule has 0 unspecified atom stereocenters. The Balaban J connectivity index is 1.39. The van der Waals surface area contributed by atoms with Crippen LogP contribution in [0.25, 0.3) is 39.1 Å². The smallest absolute Gasteiger partial charge is 0.150 e. The number of aldehydes is 1. The highest BCUT2D eigenvalue weighted by atomic mass is 16.1. The largest absolute Gasteiger partial charge is 0.312 e. The van der Waals surface area contributed by atoms with Crippen LogP contribution in [0.4, 0.5) is 0 Å². The summed E-state index contributed by atoms with van der Waals surface area (Å²) >= 11 is 0. The minimum atomic E-state index is 0.651. The second kappa shape index (κ2) is 7.55. The summed E-state index contributed by atoms with van der Waals surface area (Å²) in [6, 6.07) is 20.1. The summed E-state index contributed by atoms with van der Waals surface area (Å²) in [6.07, 6.45) is 3.82. The maximum Gasteiger partial charge on any atom is 0.150 e. The van der Waals surface area contributed by atoms with Crippen molar-refractivity contribution in [2.24, 2.45) is 0 Å². The molecule has 32 heavy (non-hydrogen) atoms. The van der Waals surface area contributed by atoms with Crippen LogP contribution in [0.2, 0.25) is 0 Å². The first kappa shape index (κ1) is 18.7. The lowest BCUT2D eigenvalue weighted by molar-refractivity contribution is 0.112. The number of nitrogens with one attached hydrogen (secondary N) is 2.